The van der Waals surface area contributed by atoms with Crippen LogP contribution in [0.15, 0.2) is 48.5 Å². The van der Waals surface area contributed by atoms with E-state index in [9.17, 15) is 9.59 Å². The Hall–Kier alpha value is -3.32. The van der Waals surface area contributed by atoms with Gasteiger partial charge in [-0.1, -0.05) is 18.2 Å². The molecule has 34 heavy (non-hydrogen) atoms. The molecule has 0 spiro atoms. The molecule has 1 aliphatic rings. The molecule has 1 amide bonds. The maximum Gasteiger partial charge on any atom is 0.306 e. The second-order valence-corrected chi connectivity index (χ2v) is 8.89. The fourth-order valence-corrected chi connectivity index (χ4v) is 4.61. The molecular weight excluding hydrogens is 432 g/mol. The lowest BCUT2D eigenvalue weighted by molar-refractivity contribution is -0.164. The summed E-state index contributed by atoms with van der Waals surface area (Å²) in [6.45, 7) is 6.53. The lowest BCUT2D eigenvalue weighted by Gasteiger charge is -2.36. The number of methoxy groups -OCH3 is 1. The van der Waals surface area contributed by atoms with Gasteiger partial charge < -0.3 is 24.1 Å². The van der Waals surface area contributed by atoms with E-state index in [2.05, 4.69) is 4.98 Å². The van der Waals surface area contributed by atoms with Crippen LogP contribution in [0.5, 0.6) is 5.75 Å². The van der Waals surface area contributed by atoms with E-state index in [1.54, 1.807) is 18.9 Å². The van der Waals surface area contributed by atoms with Gasteiger partial charge in [-0.2, -0.15) is 0 Å². The van der Waals surface area contributed by atoms with Crippen molar-refractivity contribution in [2.45, 2.75) is 51.9 Å². The van der Waals surface area contributed by atoms with Crippen LogP contribution >= 0.6 is 0 Å². The van der Waals surface area contributed by atoms with E-state index in [-0.39, 0.29) is 30.5 Å². The third-order valence-corrected chi connectivity index (χ3v) is 6.16. The summed E-state index contributed by atoms with van der Waals surface area (Å²) in [7, 11) is 1.64. The van der Waals surface area contributed by atoms with Gasteiger partial charge >= 0.3 is 5.97 Å². The molecule has 0 saturated carbocycles. The number of hydrogen-bond donors (Lipinski definition) is 1. The number of carbonyl (C=O) groups is 2. The quantitative estimate of drug-likeness (QED) is 0.526. The van der Waals surface area contributed by atoms with Crippen molar-refractivity contribution in [2.24, 2.45) is 0 Å². The van der Waals surface area contributed by atoms with Crippen LogP contribution in [0, 0.1) is 0 Å². The maximum atomic E-state index is 12.8. The number of H-pyrrole nitrogens is 1. The summed E-state index contributed by atoms with van der Waals surface area (Å²) >= 11 is 0. The van der Waals surface area contributed by atoms with Crippen LogP contribution in [0.2, 0.25) is 0 Å². The number of esters is 1. The normalized spacial score (nSPS) is 19.1. The topological polar surface area (TPSA) is 80.9 Å². The molecule has 7 heteroatoms. The van der Waals surface area contributed by atoms with Crippen molar-refractivity contribution < 1.29 is 23.8 Å². The number of morpholine rings is 1. The van der Waals surface area contributed by atoms with Crippen molar-refractivity contribution in [3.63, 3.8) is 0 Å². The van der Waals surface area contributed by atoms with Crippen molar-refractivity contribution in [1.82, 2.24) is 9.88 Å². The molecule has 4 rings (SSSR count). The number of aromatic nitrogens is 1. The Bertz CT molecular complexity index is 1140. The second-order valence-electron chi connectivity index (χ2n) is 8.89. The Balaban J connectivity index is 1.45. The summed E-state index contributed by atoms with van der Waals surface area (Å²) in [4.78, 5) is 30.7. The number of amides is 1. The molecule has 2 aromatic carbocycles. The average Bonchev–Trinajstić information content (AvgIpc) is 3.20. The smallest absolute Gasteiger partial charge is 0.306 e. The largest absolute Gasteiger partial charge is 0.497 e. The second kappa shape index (κ2) is 10.3. The van der Waals surface area contributed by atoms with Gasteiger partial charge in [0.05, 0.1) is 19.3 Å². The van der Waals surface area contributed by atoms with E-state index in [1.165, 1.54) is 0 Å². The third-order valence-electron chi connectivity index (χ3n) is 6.16. The molecular formula is C27H32N2O5. The number of benzene rings is 2. The number of fused-ring (bicyclic) bond motifs is 1. The van der Waals surface area contributed by atoms with Crippen molar-refractivity contribution in [1.29, 1.82) is 0 Å². The molecule has 1 saturated heterocycles. The molecule has 1 fully saturated rings. The maximum absolute atomic E-state index is 12.8. The lowest BCUT2D eigenvalue weighted by atomic mass is 10.0. The molecule has 3 atom stereocenters. The van der Waals surface area contributed by atoms with E-state index in [1.807, 2.05) is 62.4 Å². The van der Waals surface area contributed by atoms with Gasteiger partial charge in [0, 0.05) is 36.1 Å². The SMILES string of the molecule is COc1ccc(-c2[nH]c3ccccc3c2CCC(=O)OC(C)C(=O)N2CC(C)OC(C)C2)cc1. The Morgan fingerprint density at radius 2 is 1.76 bits per heavy atom. The first-order valence-electron chi connectivity index (χ1n) is 11.7. The minimum atomic E-state index is -0.825. The van der Waals surface area contributed by atoms with E-state index in [4.69, 9.17) is 14.2 Å². The predicted molar refractivity (Wildman–Crippen MR) is 131 cm³/mol. The zero-order valence-corrected chi connectivity index (χ0v) is 20.2. The third kappa shape index (κ3) is 5.25. The van der Waals surface area contributed by atoms with Crippen molar-refractivity contribution in [3.05, 3.63) is 54.1 Å². The minimum Gasteiger partial charge on any atom is -0.497 e. The highest BCUT2D eigenvalue weighted by molar-refractivity contribution is 5.91. The van der Waals surface area contributed by atoms with Gasteiger partial charge in [0.15, 0.2) is 6.10 Å². The van der Waals surface area contributed by atoms with E-state index >= 15 is 0 Å². The molecule has 1 aliphatic heterocycles. The van der Waals surface area contributed by atoms with Crippen LogP contribution in [-0.2, 0) is 25.5 Å². The van der Waals surface area contributed by atoms with Crippen molar-refractivity contribution in [2.75, 3.05) is 20.2 Å². The van der Waals surface area contributed by atoms with Gasteiger partial charge in [-0.3, -0.25) is 9.59 Å². The van der Waals surface area contributed by atoms with Crippen molar-refractivity contribution >= 4 is 22.8 Å². The fraction of sp³-hybridized carbons (Fsp3) is 0.407. The highest BCUT2D eigenvalue weighted by atomic mass is 16.5. The molecule has 1 aromatic heterocycles. The summed E-state index contributed by atoms with van der Waals surface area (Å²) in [5, 5.41) is 1.07. The van der Waals surface area contributed by atoms with Crippen LogP contribution < -0.4 is 4.74 Å². The number of carbonyl (C=O) groups excluding carboxylic acids is 2. The van der Waals surface area contributed by atoms with E-state index in [0.29, 0.717) is 19.5 Å². The predicted octanol–water partition coefficient (Wildman–Crippen LogP) is 4.34. The lowest BCUT2D eigenvalue weighted by Crippen LogP contribution is -2.51. The number of hydrogen-bond acceptors (Lipinski definition) is 5. The van der Waals surface area contributed by atoms with Gasteiger partial charge in [-0.05, 0) is 68.7 Å². The first kappa shape index (κ1) is 23.8. The highest BCUT2D eigenvalue weighted by Crippen LogP contribution is 2.32. The number of ether oxygens (including phenoxy) is 3. The summed E-state index contributed by atoms with van der Waals surface area (Å²) in [5.41, 5.74) is 4.04. The van der Waals surface area contributed by atoms with Crippen LogP contribution in [0.4, 0.5) is 0 Å². The Labute approximate surface area is 200 Å². The molecule has 0 bridgehead atoms. The van der Waals surface area contributed by atoms with Gasteiger partial charge in [-0.25, -0.2) is 0 Å². The summed E-state index contributed by atoms with van der Waals surface area (Å²) in [6, 6.07) is 15.9. The van der Waals surface area contributed by atoms with Crippen LogP contribution in [0.25, 0.3) is 22.2 Å². The van der Waals surface area contributed by atoms with Crippen LogP contribution in [0.1, 0.15) is 32.8 Å². The number of aromatic amines is 1. The van der Waals surface area contributed by atoms with Crippen LogP contribution in [0.3, 0.4) is 0 Å². The van der Waals surface area contributed by atoms with Crippen LogP contribution in [-0.4, -0.2) is 60.3 Å². The number of nitrogens with one attached hydrogen (secondary N) is 1. The number of aryl methyl sites for hydroxylation is 1. The standard InChI is InChI=1S/C27H32N2O5/c1-17-15-29(16-18(2)33-17)27(31)19(3)34-25(30)14-13-23-22-7-5-6-8-24(22)28-26(23)20-9-11-21(32-4)12-10-20/h5-12,17-19,28H,13-16H2,1-4H3. The fourth-order valence-electron chi connectivity index (χ4n) is 4.61. The molecule has 180 valence electrons. The van der Waals surface area contributed by atoms with Gasteiger partial charge in [0.25, 0.3) is 5.91 Å². The first-order chi connectivity index (χ1) is 16.4. The minimum absolute atomic E-state index is 0.0335. The molecule has 2 heterocycles. The Morgan fingerprint density at radius 3 is 2.44 bits per heavy atom. The molecule has 0 aliphatic carbocycles. The molecule has 1 N–H and O–H groups in total. The molecule has 7 nitrogen and oxygen atoms in total. The Kier molecular flexibility index (Phi) is 7.22. The molecule has 3 aromatic rings. The van der Waals surface area contributed by atoms with E-state index < -0.39 is 6.10 Å². The summed E-state index contributed by atoms with van der Waals surface area (Å²) in [6.07, 6.45) is -0.216. The van der Waals surface area contributed by atoms with E-state index in [0.717, 1.165) is 33.5 Å². The zero-order valence-electron chi connectivity index (χ0n) is 20.2. The zero-order chi connectivity index (χ0) is 24.2. The molecule has 0 radical (unpaired) electrons. The van der Waals surface area contributed by atoms with Crippen molar-refractivity contribution in [3.8, 4) is 17.0 Å². The Morgan fingerprint density at radius 1 is 1.09 bits per heavy atom. The van der Waals surface area contributed by atoms with Gasteiger partial charge in [-0.15, -0.1) is 0 Å². The average molecular weight is 465 g/mol. The molecule has 3 unspecified atom stereocenters. The van der Waals surface area contributed by atoms with Gasteiger partial charge in [0.2, 0.25) is 0 Å². The number of para-hydroxylation sites is 1. The van der Waals surface area contributed by atoms with Gasteiger partial charge in [0.1, 0.15) is 5.75 Å². The number of rotatable bonds is 7. The summed E-state index contributed by atoms with van der Waals surface area (Å²) in [5.74, 6) is 0.218. The summed E-state index contributed by atoms with van der Waals surface area (Å²) < 4.78 is 16.5. The first-order valence-corrected chi connectivity index (χ1v) is 11.7. The highest BCUT2D eigenvalue weighted by Gasteiger charge is 2.30. The monoisotopic (exact) mass is 464 g/mol. The number of nitrogens with zero attached hydrogens (tertiary/aromatic N) is 1.